The number of benzene rings is 1. The van der Waals surface area contributed by atoms with Crippen LogP contribution < -0.4 is 16.0 Å². The number of carbonyl (C=O) groups is 4. The molecule has 4 amide bonds. The number of carbonyl (C=O) groups excluding carboxylic acids is 4. The van der Waals surface area contributed by atoms with Gasteiger partial charge in [-0.05, 0) is 43.0 Å². The molecule has 1 aliphatic rings. The molecule has 2 rings (SSSR count). The number of rotatable bonds is 7. The number of amides is 4. The van der Waals surface area contributed by atoms with E-state index in [-0.39, 0.29) is 29.8 Å². The van der Waals surface area contributed by atoms with E-state index >= 15 is 0 Å². The molecule has 1 aromatic carbocycles. The zero-order valence-corrected chi connectivity index (χ0v) is 16.8. The van der Waals surface area contributed by atoms with Crippen molar-refractivity contribution in [1.29, 1.82) is 0 Å². The average Bonchev–Trinajstić information content (AvgIpc) is 3.19. The van der Waals surface area contributed by atoms with Crippen molar-refractivity contribution in [2.24, 2.45) is 5.92 Å². The Morgan fingerprint density at radius 1 is 1.17 bits per heavy atom. The van der Waals surface area contributed by atoms with Crippen molar-refractivity contribution in [3.05, 3.63) is 35.6 Å². The first-order valence-electron chi connectivity index (χ1n) is 9.59. The number of likely N-dealkylation sites (tertiary alicyclic amines) is 1. The van der Waals surface area contributed by atoms with Crippen molar-refractivity contribution in [2.45, 2.75) is 38.8 Å². The first-order chi connectivity index (χ1) is 13.7. The average molecular weight is 406 g/mol. The number of nitrogens with one attached hydrogen (secondary N) is 3. The number of hydrogen-bond donors (Lipinski definition) is 3. The Morgan fingerprint density at radius 3 is 2.41 bits per heavy atom. The van der Waals surface area contributed by atoms with E-state index in [9.17, 15) is 23.6 Å². The van der Waals surface area contributed by atoms with Crippen LogP contribution in [-0.2, 0) is 14.4 Å². The third-order valence-electron chi connectivity index (χ3n) is 4.88. The van der Waals surface area contributed by atoms with Gasteiger partial charge in [0.2, 0.25) is 17.7 Å². The molecule has 2 atom stereocenters. The minimum absolute atomic E-state index is 0.228. The van der Waals surface area contributed by atoms with Gasteiger partial charge in [-0.25, -0.2) is 4.39 Å². The van der Waals surface area contributed by atoms with Gasteiger partial charge in [0.05, 0.1) is 6.54 Å². The molecule has 8 nitrogen and oxygen atoms in total. The summed E-state index contributed by atoms with van der Waals surface area (Å²) in [4.78, 5) is 50.7. The minimum Gasteiger partial charge on any atom is -0.357 e. The lowest BCUT2D eigenvalue weighted by atomic mass is 10.0. The number of hydrogen-bond acceptors (Lipinski definition) is 4. The van der Waals surface area contributed by atoms with Crippen LogP contribution in [0.25, 0.3) is 0 Å². The topological polar surface area (TPSA) is 108 Å². The van der Waals surface area contributed by atoms with Gasteiger partial charge in [-0.2, -0.15) is 0 Å². The van der Waals surface area contributed by atoms with E-state index in [1.807, 2.05) is 0 Å². The second kappa shape index (κ2) is 9.99. The largest absolute Gasteiger partial charge is 0.357 e. The van der Waals surface area contributed by atoms with Crippen LogP contribution in [0, 0.1) is 11.7 Å². The zero-order chi connectivity index (χ0) is 21.6. The summed E-state index contributed by atoms with van der Waals surface area (Å²) in [6, 6.07) is 3.59. The molecule has 1 heterocycles. The highest BCUT2D eigenvalue weighted by Crippen LogP contribution is 2.17. The fourth-order valence-electron chi connectivity index (χ4n) is 3.24. The third-order valence-corrected chi connectivity index (χ3v) is 4.88. The highest BCUT2D eigenvalue weighted by atomic mass is 19.1. The fourth-order valence-corrected chi connectivity index (χ4v) is 3.24. The van der Waals surface area contributed by atoms with Gasteiger partial charge in [-0.15, -0.1) is 0 Å². The van der Waals surface area contributed by atoms with Crippen LogP contribution in [0.3, 0.4) is 0 Å². The second-order valence-electron chi connectivity index (χ2n) is 7.28. The molecule has 1 aliphatic heterocycles. The Hall–Kier alpha value is -2.97. The Labute approximate surface area is 169 Å². The molecule has 0 saturated carbocycles. The highest BCUT2D eigenvalue weighted by molar-refractivity contribution is 5.98. The standard InChI is InChI=1S/C20H27FN4O4/c1-12(2)17(24-18(27)13-6-8-14(21)9-7-13)20(29)23-11-16(26)25-10-4-5-15(25)19(28)22-3/h6-9,12,15,17H,4-5,10-11H2,1-3H3,(H,22,28)(H,23,29)(H,24,27). The van der Waals surface area contributed by atoms with Crippen LogP contribution in [0.1, 0.15) is 37.0 Å². The molecule has 1 aromatic rings. The minimum atomic E-state index is -0.867. The van der Waals surface area contributed by atoms with Crippen molar-refractivity contribution in [3.63, 3.8) is 0 Å². The molecule has 0 radical (unpaired) electrons. The lowest BCUT2D eigenvalue weighted by Gasteiger charge is -2.25. The molecule has 29 heavy (non-hydrogen) atoms. The fraction of sp³-hybridized carbons (Fsp3) is 0.500. The molecular weight excluding hydrogens is 379 g/mol. The molecule has 0 bridgehead atoms. The van der Waals surface area contributed by atoms with Gasteiger partial charge < -0.3 is 20.9 Å². The van der Waals surface area contributed by atoms with Gasteiger partial charge in [0.25, 0.3) is 5.91 Å². The zero-order valence-electron chi connectivity index (χ0n) is 16.8. The van der Waals surface area contributed by atoms with Crippen molar-refractivity contribution in [1.82, 2.24) is 20.9 Å². The first kappa shape index (κ1) is 22.3. The normalized spacial score (nSPS) is 17.0. The van der Waals surface area contributed by atoms with Gasteiger partial charge in [0.15, 0.2) is 0 Å². The Balaban J connectivity index is 1.95. The van der Waals surface area contributed by atoms with Gasteiger partial charge in [-0.3, -0.25) is 19.2 Å². The number of halogens is 1. The van der Waals surface area contributed by atoms with Crippen molar-refractivity contribution < 1.29 is 23.6 Å². The summed E-state index contributed by atoms with van der Waals surface area (Å²) < 4.78 is 13.0. The quantitative estimate of drug-likeness (QED) is 0.610. The van der Waals surface area contributed by atoms with Crippen LogP contribution in [0.4, 0.5) is 4.39 Å². The summed E-state index contributed by atoms with van der Waals surface area (Å²) in [6.07, 6.45) is 1.31. The Bertz CT molecular complexity index is 766. The summed E-state index contributed by atoms with van der Waals surface area (Å²) in [7, 11) is 1.52. The van der Waals surface area contributed by atoms with Crippen LogP contribution in [0.5, 0.6) is 0 Å². The smallest absolute Gasteiger partial charge is 0.251 e. The van der Waals surface area contributed by atoms with Crippen molar-refractivity contribution >= 4 is 23.6 Å². The summed E-state index contributed by atoms with van der Waals surface area (Å²) in [5.74, 6) is -2.29. The monoisotopic (exact) mass is 406 g/mol. The molecule has 1 fully saturated rings. The number of nitrogens with zero attached hydrogens (tertiary/aromatic N) is 1. The molecule has 9 heteroatoms. The molecule has 0 spiro atoms. The van der Waals surface area contributed by atoms with E-state index in [2.05, 4.69) is 16.0 Å². The van der Waals surface area contributed by atoms with Crippen molar-refractivity contribution in [3.8, 4) is 0 Å². The lowest BCUT2D eigenvalue weighted by molar-refractivity contribution is -0.138. The van der Waals surface area contributed by atoms with Gasteiger partial charge in [-0.1, -0.05) is 13.8 Å². The first-order valence-corrected chi connectivity index (χ1v) is 9.59. The van der Waals surface area contributed by atoms with Gasteiger partial charge in [0, 0.05) is 19.2 Å². The highest BCUT2D eigenvalue weighted by Gasteiger charge is 2.34. The lowest BCUT2D eigenvalue weighted by Crippen LogP contribution is -2.53. The van der Waals surface area contributed by atoms with E-state index in [0.29, 0.717) is 13.0 Å². The second-order valence-corrected chi connectivity index (χ2v) is 7.28. The summed E-state index contributed by atoms with van der Waals surface area (Å²) in [5.41, 5.74) is 0.228. The molecule has 3 N–H and O–H groups in total. The third kappa shape index (κ3) is 5.75. The van der Waals surface area contributed by atoms with Gasteiger partial charge in [0.1, 0.15) is 17.9 Å². The Morgan fingerprint density at radius 2 is 1.83 bits per heavy atom. The summed E-state index contributed by atoms with van der Waals surface area (Å²) in [6.45, 7) is 3.72. The molecule has 158 valence electrons. The summed E-state index contributed by atoms with van der Waals surface area (Å²) in [5, 5.41) is 7.71. The maximum atomic E-state index is 13.0. The maximum Gasteiger partial charge on any atom is 0.251 e. The van der Waals surface area contributed by atoms with Crippen LogP contribution in [0.2, 0.25) is 0 Å². The van der Waals surface area contributed by atoms with E-state index in [4.69, 9.17) is 0 Å². The molecule has 1 saturated heterocycles. The summed E-state index contributed by atoms with van der Waals surface area (Å²) >= 11 is 0. The molecule has 2 unspecified atom stereocenters. The predicted octanol–water partition coefficient (Wildman–Crippen LogP) is 0.433. The molecule has 0 aliphatic carbocycles. The molecule has 0 aromatic heterocycles. The SMILES string of the molecule is CNC(=O)C1CCCN1C(=O)CNC(=O)C(NC(=O)c1ccc(F)cc1)C(C)C. The van der Waals surface area contributed by atoms with E-state index in [1.165, 1.54) is 24.1 Å². The molecular formula is C20H27FN4O4. The van der Waals surface area contributed by atoms with Crippen LogP contribution >= 0.6 is 0 Å². The van der Waals surface area contributed by atoms with Crippen LogP contribution in [0.15, 0.2) is 24.3 Å². The Kier molecular flexibility index (Phi) is 7.69. The number of likely N-dealkylation sites (N-methyl/N-ethyl adjacent to an activating group) is 1. The van der Waals surface area contributed by atoms with E-state index in [0.717, 1.165) is 18.6 Å². The predicted molar refractivity (Wildman–Crippen MR) is 104 cm³/mol. The van der Waals surface area contributed by atoms with Crippen LogP contribution in [-0.4, -0.2) is 60.7 Å². The van der Waals surface area contributed by atoms with Gasteiger partial charge >= 0.3 is 0 Å². The van der Waals surface area contributed by atoms with Crippen molar-refractivity contribution in [2.75, 3.05) is 20.1 Å². The van der Waals surface area contributed by atoms with E-state index < -0.39 is 29.7 Å². The van der Waals surface area contributed by atoms with E-state index in [1.54, 1.807) is 13.8 Å². The maximum absolute atomic E-state index is 13.0.